The molecule has 0 aliphatic carbocycles. The Labute approximate surface area is 80.7 Å². The first kappa shape index (κ1) is 10.1. The molecule has 0 saturated heterocycles. The van der Waals surface area contributed by atoms with E-state index in [4.69, 9.17) is 4.42 Å². The third kappa shape index (κ3) is 2.81. The second-order valence-electron chi connectivity index (χ2n) is 2.51. The molecule has 1 rings (SSSR count). The predicted octanol–water partition coefficient (Wildman–Crippen LogP) is 0.664. The van der Waals surface area contributed by atoms with Crippen LogP contribution < -0.4 is 10.6 Å². The van der Waals surface area contributed by atoms with Crippen molar-refractivity contribution in [3.05, 3.63) is 46.3 Å². The van der Waals surface area contributed by atoms with Crippen molar-refractivity contribution in [2.24, 2.45) is 0 Å². The number of furan rings is 1. The van der Waals surface area contributed by atoms with Crippen LogP contribution in [0.5, 0.6) is 0 Å². The second kappa shape index (κ2) is 4.90. The van der Waals surface area contributed by atoms with E-state index in [0.29, 0.717) is 12.3 Å². The monoisotopic (exact) mass is 197 g/mol. The number of nitro groups is 1. The van der Waals surface area contributed by atoms with E-state index in [2.05, 4.69) is 10.6 Å². The maximum atomic E-state index is 10.5. The lowest BCUT2D eigenvalue weighted by Gasteiger charge is -2.01. The molecular weight excluding hydrogens is 186 g/mol. The van der Waals surface area contributed by atoms with Gasteiger partial charge in [0.05, 0.1) is 12.5 Å². The van der Waals surface area contributed by atoms with E-state index in [1.807, 2.05) is 0 Å². The molecule has 0 aliphatic heterocycles. The minimum atomic E-state index is -0.501. The van der Waals surface area contributed by atoms with Crippen LogP contribution in [0.15, 0.2) is 34.8 Å². The van der Waals surface area contributed by atoms with E-state index >= 15 is 0 Å². The third-order valence-corrected chi connectivity index (χ3v) is 1.50. The number of nitrogens with one attached hydrogen (secondary N) is 2. The van der Waals surface area contributed by atoms with Gasteiger partial charge in [-0.1, -0.05) is 0 Å². The minimum absolute atomic E-state index is 0.0936. The lowest BCUT2D eigenvalue weighted by molar-refractivity contribution is -0.432. The van der Waals surface area contributed by atoms with Crippen molar-refractivity contribution < 1.29 is 9.34 Å². The summed E-state index contributed by atoms with van der Waals surface area (Å²) in [4.78, 5) is 9.95. The lowest BCUT2D eigenvalue weighted by atomic mass is 10.4. The highest BCUT2D eigenvalue weighted by atomic mass is 16.6. The highest BCUT2D eigenvalue weighted by molar-refractivity contribution is 4.99. The molecule has 0 bridgehead atoms. The zero-order valence-electron chi connectivity index (χ0n) is 7.69. The average Bonchev–Trinajstić information content (AvgIpc) is 2.64. The van der Waals surface area contributed by atoms with Crippen LogP contribution in [-0.2, 0) is 6.54 Å². The van der Waals surface area contributed by atoms with Crippen molar-refractivity contribution in [1.82, 2.24) is 10.6 Å². The summed E-state index contributed by atoms with van der Waals surface area (Å²) in [6, 6.07) is 3.47. The van der Waals surface area contributed by atoms with Crippen LogP contribution in [0, 0.1) is 10.1 Å². The lowest BCUT2D eigenvalue weighted by Crippen LogP contribution is -2.21. The first-order valence-electron chi connectivity index (χ1n) is 4.02. The summed E-state index contributed by atoms with van der Waals surface area (Å²) < 4.78 is 5.01. The largest absolute Gasteiger partial charge is 0.465 e. The van der Waals surface area contributed by atoms with E-state index in [0.717, 1.165) is 0 Å². The van der Waals surface area contributed by atoms with E-state index in [1.165, 1.54) is 12.5 Å². The van der Waals surface area contributed by atoms with Gasteiger partial charge in [-0.05, 0) is 17.1 Å². The van der Waals surface area contributed by atoms with Gasteiger partial charge in [0.1, 0.15) is 12.3 Å². The molecule has 14 heavy (non-hydrogen) atoms. The Kier molecular flexibility index (Phi) is 3.54. The Hall–Kier alpha value is -1.98. The summed E-state index contributed by atoms with van der Waals surface area (Å²) in [6.45, 7) is 0.293. The van der Waals surface area contributed by atoms with Crippen LogP contribution in [0.2, 0.25) is 0 Å². The van der Waals surface area contributed by atoms with Crippen LogP contribution >= 0.6 is 0 Å². The quantitative estimate of drug-likeness (QED) is 0.535. The van der Waals surface area contributed by atoms with Gasteiger partial charge in [-0.25, -0.2) is 0 Å². The van der Waals surface area contributed by atoms with Gasteiger partial charge in [-0.3, -0.25) is 5.32 Å². The fourth-order valence-electron chi connectivity index (χ4n) is 0.896. The van der Waals surface area contributed by atoms with Crippen molar-refractivity contribution in [1.29, 1.82) is 0 Å². The molecule has 0 amide bonds. The van der Waals surface area contributed by atoms with Crippen molar-refractivity contribution in [2.75, 3.05) is 7.05 Å². The van der Waals surface area contributed by atoms with Gasteiger partial charge in [0.15, 0.2) is 0 Å². The van der Waals surface area contributed by atoms with Gasteiger partial charge in [0, 0.05) is 7.05 Å². The topological polar surface area (TPSA) is 80.3 Å². The Bertz CT molecular complexity index is 319. The summed E-state index contributed by atoms with van der Waals surface area (Å²) in [6.07, 6.45) is 2.80. The van der Waals surface area contributed by atoms with Crippen LogP contribution in [-0.4, -0.2) is 12.0 Å². The Morgan fingerprint density at radius 1 is 1.79 bits per heavy atom. The van der Waals surface area contributed by atoms with Crippen molar-refractivity contribution in [3.8, 4) is 0 Å². The van der Waals surface area contributed by atoms with Gasteiger partial charge >= 0.3 is 5.82 Å². The molecule has 0 aliphatic rings. The fraction of sp³-hybridized carbons (Fsp3) is 0.250. The number of hydrogen-bond donors (Lipinski definition) is 2. The first-order valence-corrected chi connectivity index (χ1v) is 4.02. The van der Waals surface area contributed by atoms with Gasteiger partial charge < -0.3 is 19.8 Å². The molecular formula is C8H11N3O3. The van der Waals surface area contributed by atoms with E-state index in [9.17, 15) is 10.1 Å². The highest BCUT2D eigenvalue weighted by Crippen LogP contribution is 2.00. The van der Waals surface area contributed by atoms with E-state index in [1.54, 1.807) is 19.2 Å². The zero-order valence-corrected chi connectivity index (χ0v) is 7.69. The summed E-state index contributed by atoms with van der Waals surface area (Å²) in [5.74, 6) is 0.553. The molecule has 2 N–H and O–H groups in total. The highest BCUT2D eigenvalue weighted by Gasteiger charge is 2.08. The first-order chi connectivity index (χ1) is 6.74. The minimum Gasteiger partial charge on any atom is -0.465 e. The average molecular weight is 197 g/mol. The molecule has 0 unspecified atom stereocenters. The smallest absolute Gasteiger partial charge is 0.332 e. The van der Waals surface area contributed by atoms with Crippen LogP contribution in [0.4, 0.5) is 0 Å². The molecule has 6 nitrogen and oxygen atoms in total. The van der Waals surface area contributed by atoms with Gasteiger partial charge in [0.25, 0.3) is 0 Å². The van der Waals surface area contributed by atoms with Crippen molar-refractivity contribution in [3.63, 3.8) is 0 Å². The third-order valence-electron chi connectivity index (χ3n) is 1.50. The Morgan fingerprint density at radius 3 is 3.07 bits per heavy atom. The molecule has 0 spiro atoms. The van der Waals surface area contributed by atoms with Crippen LogP contribution in [0.25, 0.3) is 0 Å². The molecule has 0 aromatic carbocycles. The summed E-state index contributed by atoms with van der Waals surface area (Å²) in [5.41, 5.74) is 0. The molecule has 0 radical (unpaired) electrons. The number of nitrogens with zero attached hydrogens (tertiary/aromatic N) is 1. The van der Waals surface area contributed by atoms with Gasteiger partial charge in [-0.15, -0.1) is 0 Å². The maximum Gasteiger partial charge on any atom is 0.332 e. The standard InChI is InChI=1S/C8H11N3O3/c1-9-6-8(11(12)13)10-5-7-3-2-4-14-7/h2-4,6,9-10H,5H2,1H3. The molecule has 6 heteroatoms. The molecule has 1 heterocycles. The number of hydrogen-bond acceptors (Lipinski definition) is 5. The molecule has 76 valence electrons. The van der Waals surface area contributed by atoms with Crippen LogP contribution in [0.3, 0.4) is 0 Å². The normalized spacial score (nSPS) is 11.1. The Balaban J connectivity index is 2.50. The van der Waals surface area contributed by atoms with Crippen molar-refractivity contribution >= 4 is 0 Å². The molecule has 0 saturated carbocycles. The second-order valence-corrected chi connectivity index (χ2v) is 2.51. The van der Waals surface area contributed by atoms with Gasteiger partial charge in [-0.2, -0.15) is 0 Å². The van der Waals surface area contributed by atoms with E-state index in [-0.39, 0.29) is 5.82 Å². The molecule has 0 atom stereocenters. The Morgan fingerprint density at radius 2 is 2.57 bits per heavy atom. The molecule has 0 fully saturated rings. The summed E-state index contributed by atoms with van der Waals surface area (Å²) in [7, 11) is 1.60. The molecule has 1 aromatic rings. The summed E-state index contributed by atoms with van der Waals surface area (Å²) >= 11 is 0. The zero-order chi connectivity index (χ0) is 10.4. The number of rotatable bonds is 5. The molecule has 1 aromatic heterocycles. The summed E-state index contributed by atoms with van der Waals surface area (Å²) in [5, 5.41) is 15.7. The van der Waals surface area contributed by atoms with E-state index < -0.39 is 4.92 Å². The van der Waals surface area contributed by atoms with Gasteiger partial charge in [0.2, 0.25) is 0 Å². The maximum absolute atomic E-state index is 10.5. The SMILES string of the molecule is CNC=C(NCc1ccco1)[N+](=O)[O-]. The predicted molar refractivity (Wildman–Crippen MR) is 49.7 cm³/mol. The van der Waals surface area contributed by atoms with Crippen LogP contribution in [0.1, 0.15) is 5.76 Å². The van der Waals surface area contributed by atoms with Crippen molar-refractivity contribution in [2.45, 2.75) is 6.54 Å². The fourth-order valence-corrected chi connectivity index (χ4v) is 0.896.